The molecule has 10 heteroatoms. The maximum atomic E-state index is 12.4. The third kappa shape index (κ3) is 3.95. The molecule has 0 saturated carbocycles. The van der Waals surface area contributed by atoms with Gasteiger partial charge in [0.2, 0.25) is 5.82 Å². The Hall–Kier alpha value is -2.91. The van der Waals surface area contributed by atoms with Crippen molar-refractivity contribution in [2.75, 3.05) is 13.1 Å². The number of ether oxygens (including phenoxy) is 1. The summed E-state index contributed by atoms with van der Waals surface area (Å²) in [5, 5.41) is 3.27. The number of nitrogens with zero attached hydrogens (tertiary/aromatic N) is 3. The molecular formula is C15H12F3N3O4. The van der Waals surface area contributed by atoms with Crippen molar-refractivity contribution in [1.82, 2.24) is 15.0 Å². The van der Waals surface area contributed by atoms with Gasteiger partial charge in [0, 0.05) is 31.5 Å². The molecule has 0 N–H and O–H groups in total. The molecule has 1 aliphatic rings. The number of rotatable bonds is 2. The van der Waals surface area contributed by atoms with Crippen molar-refractivity contribution in [2.45, 2.75) is 19.0 Å². The minimum absolute atomic E-state index is 0.103. The Morgan fingerprint density at radius 3 is 2.36 bits per heavy atom. The molecule has 7 nitrogen and oxygen atoms in total. The molecule has 0 atom stereocenters. The van der Waals surface area contributed by atoms with Crippen molar-refractivity contribution >= 4 is 11.9 Å². The second-order valence-electron chi connectivity index (χ2n) is 5.34. The third-order valence-corrected chi connectivity index (χ3v) is 3.57. The maximum absolute atomic E-state index is 12.4. The van der Waals surface area contributed by atoms with Gasteiger partial charge in [0.1, 0.15) is 11.5 Å². The number of halogens is 3. The predicted octanol–water partition coefficient (Wildman–Crippen LogP) is 2.92. The molecule has 1 aromatic heterocycles. The summed E-state index contributed by atoms with van der Waals surface area (Å²) in [7, 11) is 0. The number of alkyl halides is 3. The monoisotopic (exact) mass is 355 g/mol. The summed E-state index contributed by atoms with van der Waals surface area (Å²) in [4.78, 5) is 27.8. The number of Topliss-reactive ketones (excluding diaryl/α,β-unsaturated/α-hetero) is 1. The zero-order valence-corrected chi connectivity index (χ0v) is 12.7. The zero-order chi connectivity index (χ0) is 18.0. The summed E-state index contributed by atoms with van der Waals surface area (Å²) in [6, 6.07) is 5.64. The smallest absolute Gasteiger partial charge is 0.410 e. The Labute approximate surface area is 139 Å². The van der Waals surface area contributed by atoms with Crippen molar-refractivity contribution in [1.29, 1.82) is 0 Å². The van der Waals surface area contributed by atoms with E-state index >= 15 is 0 Å². The first kappa shape index (κ1) is 16.9. The molecule has 1 aromatic carbocycles. The zero-order valence-electron chi connectivity index (χ0n) is 12.7. The molecule has 1 fully saturated rings. The van der Waals surface area contributed by atoms with E-state index in [9.17, 15) is 22.8 Å². The van der Waals surface area contributed by atoms with E-state index in [0.29, 0.717) is 25.9 Å². The number of hydrogen-bond acceptors (Lipinski definition) is 6. The summed E-state index contributed by atoms with van der Waals surface area (Å²) in [5.74, 6) is -1.34. The van der Waals surface area contributed by atoms with Gasteiger partial charge in [-0.05, 0) is 24.3 Å². The molecule has 0 bridgehead atoms. The fourth-order valence-electron chi connectivity index (χ4n) is 2.23. The van der Waals surface area contributed by atoms with Crippen LogP contribution in [0.1, 0.15) is 18.7 Å². The molecule has 1 amide bonds. The summed E-state index contributed by atoms with van der Waals surface area (Å²) in [6.45, 7) is 0.609. The van der Waals surface area contributed by atoms with Crippen LogP contribution in [0.25, 0.3) is 11.4 Å². The lowest BCUT2D eigenvalue weighted by Gasteiger charge is -2.25. The summed E-state index contributed by atoms with van der Waals surface area (Å²) in [6.07, 6.45) is -4.70. The van der Waals surface area contributed by atoms with Crippen LogP contribution in [0.3, 0.4) is 0 Å². The van der Waals surface area contributed by atoms with Gasteiger partial charge in [0.05, 0.1) is 0 Å². The van der Waals surface area contributed by atoms with E-state index in [2.05, 4.69) is 14.7 Å². The highest BCUT2D eigenvalue weighted by molar-refractivity contribution is 5.82. The Morgan fingerprint density at radius 1 is 1.16 bits per heavy atom. The Morgan fingerprint density at radius 2 is 1.80 bits per heavy atom. The lowest BCUT2D eigenvalue weighted by Crippen LogP contribution is -2.40. The Balaban J connectivity index is 1.65. The molecule has 3 rings (SSSR count). The van der Waals surface area contributed by atoms with Gasteiger partial charge in [-0.15, -0.1) is 0 Å². The number of aromatic nitrogens is 2. The topological polar surface area (TPSA) is 85.5 Å². The number of piperidine rings is 1. The fraction of sp³-hybridized carbons (Fsp3) is 0.333. The van der Waals surface area contributed by atoms with E-state index in [0.717, 1.165) is 0 Å². The van der Waals surface area contributed by atoms with Crippen LogP contribution in [-0.4, -0.2) is 40.0 Å². The molecule has 2 heterocycles. The molecular weight excluding hydrogens is 343 g/mol. The van der Waals surface area contributed by atoms with Crippen molar-refractivity contribution < 1.29 is 32.0 Å². The van der Waals surface area contributed by atoms with Crippen molar-refractivity contribution in [3.63, 3.8) is 0 Å². The van der Waals surface area contributed by atoms with Crippen molar-refractivity contribution in [2.24, 2.45) is 0 Å². The van der Waals surface area contributed by atoms with Crippen LogP contribution >= 0.6 is 0 Å². The van der Waals surface area contributed by atoms with Crippen LogP contribution in [-0.2, 0) is 11.0 Å². The van der Waals surface area contributed by atoms with Crippen molar-refractivity contribution in [3.8, 4) is 17.1 Å². The van der Waals surface area contributed by atoms with E-state index in [-0.39, 0.29) is 22.9 Å². The number of likely N-dealkylation sites (tertiary alicyclic amines) is 1. The minimum Gasteiger partial charge on any atom is -0.410 e. The van der Waals surface area contributed by atoms with Gasteiger partial charge < -0.3 is 14.2 Å². The highest BCUT2D eigenvalue weighted by atomic mass is 19.4. The number of amides is 1. The molecule has 1 saturated heterocycles. The average Bonchev–Trinajstić information content (AvgIpc) is 3.06. The fourth-order valence-corrected chi connectivity index (χ4v) is 2.23. The highest BCUT2D eigenvalue weighted by Gasteiger charge is 2.38. The molecule has 0 spiro atoms. The van der Waals surface area contributed by atoms with Crippen LogP contribution in [0.4, 0.5) is 18.0 Å². The SMILES string of the molecule is O=C1CCN(C(=O)Oc2ccc(-c3noc(C(F)(F)F)n3)cc2)CC1. The molecule has 0 aliphatic carbocycles. The highest BCUT2D eigenvalue weighted by Crippen LogP contribution is 2.29. The summed E-state index contributed by atoms with van der Waals surface area (Å²) < 4.78 is 46.7. The summed E-state index contributed by atoms with van der Waals surface area (Å²) >= 11 is 0. The van der Waals surface area contributed by atoms with Gasteiger partial charge in [-0.2, -0.15) is 18.2 Å². The number of benzene rings is 1. The van der Waals surface area contributed by atoms with Crippen LogP contribution in [0.2, 0.25) is 0 Å². The second-order valence-corrected chi connectivity index (χ2v) is 5.34. The standard InChI is InChI=1S/C15H12F3N3O4/c16-15(17,18)13-19-12(20-25-13)9-1-3-11(4-2-9)24-14(23)21-7-5-10(22)6-8-21/h1-4H,5-8H2. The molecule has 0 radical (unpaired) electrons. The van der Waals surface area contributed by atoms with Crippen LogP contribution in [0, 0.1) is 0 Å². The third-order valence-electron chi connectivity index (χ3n) is 3.57. The van der Waals surface area contributed by atoms with Crippen LogP contribution in [0.5, 0.6) is 5.75 Å². The second kappa shape index (κ2) is 6.54. The van der Waals surface area contributed by atoms with Gasteiger partial charge in [-0.3, -0.25) is 4.79 Å². The largest absolute Gasteiger partial charge is 0.471 e. The van der Waals surface area contributed by atoms with E-state index in [1.807, 2.05) is 0 Å². The number of ketones is 1. The molecule has 0 unspecified atom stereocenters. The van der Waals surface area contributed by atoms with Crippen molar-refractivity contribution in [3.05, 3.63) is 30.2 Å². The van der Waals surface area contributed by atoms with Gasteiger partial charge in [-0.25, -0.2) is 4.79 Å². The quantitative estimate of drug-likeness (QED) is 0.823. The first-order valence-corrected chi connectivity index (χ1v) is 7.33. The van der Waals surface area contributed by atoms with Gasteiger partial charge in [-0.1, -0.05) is 5.16 Å². The van der Waals surface area contributed by atoms with Crippen LogP contribution < -0.4 is 4.74 Å². The van der Waals surface area contributed by atoms with E-state index in [1.165, 1.54) is 29.2 Å². The predicted molar refractivity (Wildman–Crippen MR) is 76.6 cm³/mol. The lowest BCUT2D eigenvalue weighted by atomic mass is 10.1. The van der Waals surface area contributed by atoms with Gasteiger partial charge >= 0.3 is 18.2 Å². The lowest BCUT2D eigenvalue weighted by molar-refractivity contribution is -0.159. The molecule has 2 aromatic rings. The molecule has 25 heavy (non-hydrogen) atoms. The van der Waals surface area contributed by atoms with Gasteiger partial charge in [0.25, 0.3) is 0 Å². The minimum atomic E-state index is -4.71. The normalized spacial score (nSPS) is 15.3. The maximum Gasteiger partial charge on any atom is 0.471 e. The number of carbonyl (C=O) groups is 2. The van der Waals surface area contributed by atoms with Crippen LogP contribution in [0.15, 0.2) is 28.8 Å². The van der Waals surface area contributed by atoms with E-state index in [1.54, 1.807) is 0 Å². The molecule has 132 valence electrons. The Bertz CT molecular complexity index is 776. The first-order valence-electron chi connectivity index (χ1n) is 7.33. The average molecular weight is 355 g/mol. The first-order chi connectivity index (χ1) is 11.8. The van der Waals surface area contributed by atoms with Gasteiger partial charge in [0.15, 0.2) is 0 Å². The van der Waals surface area contributed by atoms with E-state index < -0.39 is 18.2 Å². The summed E-state index contributed by atoms with van der Waals surface area (Å²) in [5.41, 5.74) is 0.280. The molecule has 1 aliphatic heterocycles. The number of hydrogen-bond donors (Lipinski definition) is 0. The number of carbonyl (C=O) groups excluding carboxylic acids is 2. The Kier molecular flexibility index (Phi) is 4.43. The van der Waals surface area contributed by atoms with E-state index in [4.69, 9.17) is 4.74 Å².